The van der Waals surface area contributed by atoms with Gasteiger partial charge in [-0.25, -0.2) is 0 Å². The minimum Gasteiger partial charge on any atom is -0.0852 e. The molecule has 0 nitrogen and oxygen atoms in total. The molecule has 4 aliphatic rings. The van der Waals surface area contributed by atoms with E-state index in [0.717, 1.165) is 0 Å². The van der Waals surface area contributed by atoms with E-state index < -0.39 is 0 Å². The average Bonchev–Trinajstić information content (AvgIpc) is 1.67. The second-order valence-corrected chi connectivity index (χ2v) is 11.4. The van der Waals surface area contributed by atoms with Crippen molar-refractivity contribution in [1.29, 1.82) is 0 Å². The molecular formula is C11H15Br3. The van der Waals surface area contributed by atoms with E-state index >= 15 is 0 Å². The third-order valence-corrected chi connectivity index (χ3v) is 6.65. The quantitative estimate of drug-likeness (QED) is 0.526. The molecule has 14 heavy (non-hydrogen) atoms. The van der Waals surface area contributed by atoms with Crippen LogP contribution in [0.4, 0.5) is 0 Å². The van der Waals surface area contributed by atoms with Crippen molar-refractivity contribution in [3.05, 3.63) is 0 Å². The van der Waals surface area contributed by atoms with Crippen LogP contribution in [0.25, 0.3) is 0 Å². The highest BCUT2D eigenvalue weighted by Gasteiger charge is 2.65. The van der Waals surface area contributed by atoms with Gasteiger partial charge in [-0.3, -0.25) is 0 Å². The highest BCUT2D eigenvalue weighted by Crippen LogP contribution is 2.71. The topological polar surface area (TPSA) is 0 Å². The second-order valence-electron chi connectivity index (χ2n) is 6.32. The molecule has 80 valence electrons. The van der Waals surface area contributed by atoms with Crippen LogP contribution >= 0.6 is 47.8 Å². The summed E-state index contributed by atoms with van der Waals surface area (Å²) in [5.41, 5.74) is 0.547. The van der Waals surface area contributed by atoms with Crippen LogP contribution in [0.2, 0.25) is 0 Å². The summed E-state index contributed by atoms with van der Waals surface area (Å²) in [4.78, 5) is 0. The van der Waals surface area contributed by atoms with Gasteiger partial charge in [0.15, 0.2) is 0 Å². The molecule has 0 aromatic rings. The maximum atomic E-state index is 4.00. The Morgan fingerprint density at radius 2 is 0.929 bits per heavy atom. The van der Waals surface area contributed by atoms with Crippen LogP contribution in [0.1, 0.15) is 45.4 Å². The first-order valence-electron chi connectivity index (χ1n) is 5.31. The lowest BCUT2D eigenvalue weighted by Gasteiger charge is -2.65. The molecule has 0 N–H and O–H groups in total. The molecule has 4 fully saturated rings. The molecule has 4 bridgehead atoms. The minimum absolute atomic E-state index is 0.406. The van der Waals surface area contributed by atoms with Gasteiger partial charge in [-0.1, -0.05) is 54.7 Å². The summed E-state index contributed by atoms with van der Waals surface area (Å²) < 4.78 is 1.22. The average molecular weight is 387 g/mol. The van der Waals surface area contributed by atoms with Gasteiger partial charge >= 0.3 is 0 Å². The molecule has 0 spiro atoms. The van der Waals surface area contributed by atoms with Crippen molar-refractivity contribution >= 4 is 47.8 Å². The Bertz CT molecular complexity index is 203. The van der Waals surface area contributed by atoms with Gasteiger partial charge in [0, 0.05) is 13.0 Å². The van der Waals surface area contributed by atoms with Crippen LogP contribution in [0, 0.1) is 5.41 Å². The van der Waals surface area contributed by atoms with Crippen LogP contribution in [0.5, 0.6) is 0 Å². The fraction of sp³-hybridized carbons (Fsp3) is 1.00. The van der Waals surface area contributed by atoms with E-state index in [1.165, 1.54) is 38.5 Å². The van der Waals surface area contributed by atoms with Gasteiger partial charge in [-0.15, -0.1) is 0 Å². The standard InChI is InChI=1S/C11H15Br3/c1-8-2-9(12)5-10(13,3-8)7-11(14,4-8)6-9/h2-7H2,1H3. The Labute approximate surface area is 111 Å². The summed E-state index contributed by atoms with van der Waals surface area (Å²) in [6, 6.07) is 0. The number of halogens is 3. The fourth-order valence-electron chi connectivity index (χ4n) is 4.75. The van der Waals surface area contributed by atoms with Crippen LogP contribution in [0.15, 0.2) is 0 Å². The largest absolute Gasteiger partial charge is 0.0852 e. The molecule has 0 saturated heterocycles. The van der Waals surface area contributed by atoms with Gasteiger partial charge in [0.05, 0.1) is 0 Å². The van der Waals surface area contributed by atoms with Gasteiger partial charge in [0.1, 0.15) is 0 Å². The van der Waals surface area contributed by atoms with Crippen molar-refractivity contribution in [3.8, 4) is 0 Å². The molecule has 0 atom stereocenters. The summed E-state index contributed by atoms with van der Waals surface area (Å²) in [6.07, 6.45) is 8.01. The predicted octanol–water partition coefficient (Wildman–Crippen LogP) is 4.78. The first-order chi connectivity index (χ1) is 6.24. The molecule has 4 aliphatic carbocycles. The first kappa shape index (κ1) is 10.6. The van der Waals surface area contributed by atoms with Crippen LogP contribution in [-0.4, -0.2) is 13.0 Å². The molecule has 0 aliphatic heterocycles. The van der Waals surface area contributed by atoms with Crippen molar-refractivity contribution in [3.63, 3.8) is 0 Å². The van der Waals surface area contributed by atoms with E-state index in [1.807, 2.05) is 0 Å². The van der Waals surface area contributed by atoms with E-state index in [1.54, 1.807) is 0 Å². The molecule has 0 aromatic carbocycles. The SMILES string of the molecule is CC12CC3(Br)CC(Br)(C1)CC(Br)(C2)C3. The summed E-state index contributed by atoms with van der Waals surface area (Å²) >= 11 is 12.0. The highest BCUT2D eigenvalue weighted by molar-refractivity contribution is 9.11. The van der Waals surface area contributed by atoms with Crippen molar-refractivity contribution < 1.29 is 0 Å². The lowest BCUT2D eigenvalue weighted by Crippen LogP contribution is -2.63. The fourth-order valence-corrected chi connectivity index (χ4v) is 11.1. The minimum atomic E-state index is 0.406. The summed E-state index contributed by atoms with van der Waals surface area (Å²) in [5.74, 6) is 0. The van der Waals surface area contributed by atoms with E-state index in [9.17, 15) is 0 Å². The summed E-state index contributed by atoms with van der Waals surface area (Å²) in [5, 5.41) is 0. The zero-order valence-electron chi connectivity index (χ0n) is 8.38. The molecular weight excluding hydrogens is 372 g/mol. The van der Waals surface area contributed by atoms with Gasteiger partial charge in [-0.2, -0.15) is 0 Å². The van der Waals surface area contributed by atoms with Crippen LogP contribution < -0.4 is 0 Å². The normalized spacial score (nSPS) is 66.0. The van der Waals surface area contributed by atoms with E-state index in [2.05, 4.69) is 54.7 Å². The zero-order chi connectivity index (χ0) is 10.2. The van der Waals surface area contributed by atoms with Crippen LogP contribution in [-0.2, 0) is 0 Å². The van der Waals surface area contributed by atoms with Gasteiger partial charge in [0.25, 0.3) is 0 Å². The molecule has 0 unspecified atom stereocenters. The van der Waals surface area contributed by atoms with Crippen LogP contribution in [0.3, 0.4) is 0 Å². The third kappa shape index (κ3) is 1.48. The van der Waals surface area contributed by atoms with Gasteiger partial charge in [0.2, 0.25) is 0 Å². The second kappa shape index (κ2) is 2.64. The number of rotatable bonds is 0. The third-order valence-electron chi connectivity index (χ3n) is 4.13. The Morgan fingerprint density at radius 3 is 1.14 bits per heavy atom. The molecule has 0 aromatic heterocycles. The van der Waals surface area contributed by atoms with E-state index in [0.29, 0.717) is 18.4 Å². The smallest absolute Gasteiger partial charge is 0.0289 e. The first-order valence-corrected chi connectivity index (χ1v) is 7.69. The Balaban J connectivity index is 2.08. The van der Waals surface area contributed by atoms with Crippen molar-refractivity contribution in [2.24, 2.45) is 5.41 Å². The van der Waals surface area contributed by atoms with E-state index in [4.69, 9.17) is 0 Å². The molecule has 0 amide bonds. The lowest BCUT2D eigenvalue weighted by molar-refractivity contribution is 0.0158. The predicted molar refractivity (Wildman–Crippen MR) is 70.8 cm³/mol. The summed E-state index contributed by atoms with van der Waals surface area (Å²) in [6.45, 7) is 2.46. The van der Waals surface area contributed by atoms with Crippen molar-refractivity contribution in [2.45, 2.75) is 58.4 Å². The lowest BCUT2D eigenvalue weighted by atomic mass is 9.50. The van der Waals surface area contributed by atoms with Crippen molar-refractivity contribution in [2.75, 3.05) is 0 Å². The molecule has 4 saturated carbocycles. The maximum absolute atomic E-state index is 4.00. The molecule has 4 rings (SSSR count). The Kier molecular flexibility index (Phi) is 2.00. The van der Waals surface area contributed by atoms with Crippen molar-refractivity contribution in [1.82, 2.24) is 0 Å². The Hall–Kier alpha value is 1.44. The maximum Gasteiger partial charge on any atom is 0.0289 e. The van der Waals surface area contributed by atoms with Gasteiger partial charge in [-0.05, 0) is 43.9 Å². The van der Waals surface area contributed by atoms with Gasteiger partial charge < -0.3 is 0 Å². The Morgan fingerprint density at radius 1 is 0.643 bits per heavy atom. The monoisotopic (exact) mass is 384 g/mol. The summed E-state index contributed by atoms with van der Waals surface area (Å²) in [7, 11) is 0. The molecule has 0 radical (unpaired) electrons. The number of hydrogen-bond donors (Lipinski definition) is 0. The molecule has 0 heterocycles. The molecule has 3 heteroatoms. The highest BCUT2D eigenvalue weighted by atomic mass is 79.9. The number of hydrogen-bond acceptors (Lipinski definition) is 0. The van der Waals surface area contributed by atoms with E-state index in [-0.39, 0.29) is 0 Å². The zero-order valence-corrected chi connectivity index (χ0v) is 13.1. The number of alkyl halides is 3.